The largest absolute Gasteiger partial charge is 0.573 e. The predicted octanol–water partition coefficient (Wildman–Crippen LogP) is 5.02. The Morgan fingerprint density at radius 1 is 1.03 bits per heavy atom. The summed E-state index contributed by atoms with van der Waals surface area (Å²) < 4.78 is 55.1. The van der Waals surface area contributed by atoms with Gasteiger partial charge in [0.1, 0.15) is 22.6 Å². The highest BCUT2D eigenvalue weighted by molar-refractivity contribution is 6.23. The van der Waals surface area contributed by atoms with Crippen molar-refractivity contribution in [1.29, 1.82) is 0 Å². The quantitative estimate of drug-likeness (QED) is 0.416. The van der Waals surface area contributed by atoms with Gasteiger partial charge in [0.2, 0.25) is 0 Å². The first-order valence-electron chi connectivity index (χ1n) is 9.53. The summed E-state index contributed by atoms with van der Waals surface area (Å²) in [6.07, 6.45) is -3.43. The number of carbonyl (C=O) groups is 2. The molecule has 1 aliphatic heterocycles. The van der Waals surface area contributed by atoms with E-state index in [1.54, 1.807) is 26.0 Å². The van der Waals surface area contributed by atoms with Gasteiger partial charge in [-0.25, -0.2) is 14.1 Å². The molecular formula is C22H17F4N3O3. The molecule has 3 amide bonds. The van der Waals surface area contributed by atoms with Gasteiger partial charge in [-0.2, -0.15) is 0 Å². The van der Waals surface area contributed by atoms with E-state index in [1.807, 2.05) is 0 Å². The maximum Gasteiger partial charge on any atom is 0.573 e. The molecule has 0 bridgehead atoms. The first-order valence-corrected chi connectivity index (χ1v) is 9.53. The minimum Gasteiger partial charge on any atom is -0.406 e. The fourth-order valence-corrected chi connectivity index (χ4v) is 3.63. The van der Waals surface area contributed by atoms with Crippen molar-refractivity contribution in [3.05, 3.63) is 66.1 Å². The number of para-hydroxylation sites is 1. The van der Waals surface area contributed by atoms with Crippen LogP contribution in [0.2, 0.25) is 0 Å². The number of hydrogen-bond acceptors (Lipinski definition) is 4. The molecule has 2 aromatic carbocycles. The van der Waals surface area contributed by atoms with Crippen molar-refractivity contribution >= 4 is 28.5 Å². The SMILES string of the molecule is CC1(C)C(=O)N(c2ccc(OC(F)(F)F)cc2)C(=O)N1Cc1ccnc2c(F)cccc12. The minimum absolute atomic E-state index is 0.00577. The van der Waals surface area contributed by atoms with Gasteiger partial charge < -0.3 is 9.64 Å². The van der Waals surface area contributed by atoms with Crippen molar-refractivity contribution in [2.45, 2.75) is 32.3 Å². The second-order valence-corrected chi connectivity index (χ2v) is 7.72. The maximum atomic E-state index is 14.1. The summed E-state index contributed by atoms with van der Waals surface area (Å²) in [5.74, 6) is -1.52. The number of amides is 3. The normalized spacial score (nSPS) is 16.2. The van der Waals surface area contributed by atoms with Gasteiger partial charge in [-0.1, -0.05) is 12.1 Å². The van der Waals surface area contributed by atoms with Crippen molar-refractivity contribution < 1.29 is 31.9 Å². The first kappa shape index (κ1) is 21.5. The number of alkyl halides is 3. The third-order valence-electron chi connectivity index (χ3n) is 5.29. The summed E-state index contributed by atoms with van der Waals surface area (Å²) in [5.41, 5.74) is -0.394. The third-order valence-corrected chi connectivity index (χ3v) is 5.29. The zero-order chi connectivity index (χ0) is 23.3. The Labute approximate surface area is 180 Å². The number of benzene rings is 2. The molecule has 10 heteroatoms. The van der Waals surface area contributed by atoms with Crippen LogP contribution in [0.1, 0.15) is 19.4 Å². The molecule has 0 N–H and O–H groups in total. The zero-order valence-electron chi connectivity index (χ0n) is 17.0. The molecule has 0 unspecified atom stereocenters. The second-order valence-electron chi connectivity index (χ2n) is 7.72. The lowest BCUT2D eigenvalue weighted by Gasteiger charge is -2.28. The number of aromatic nitrogens is 1. The van der Waals surface area contributed by atoms with Crippen molar-refractivity contribution in [2.75, 3.05) is 4.90 Å². The van der Waals surface area contributed by atoms with Gasteiger partial charge in [-0.15, -0.1) is 13.2 Å². The van der Waals surface area contributed by atoms with E-state index in [0.29, 0.717) is 10.9 Å². The molecule has 1 aliphatic rings. The van der Waals surface area contributed by atoms with Crippen LogP contribution in [0.15, 0.2) is 54.7 Å². The van der Waals surface area contributed by atoms with Gasteiger partial charge in [-0.05, 0) is 55.8 Å². The van der Waals surface area contributed by atoms with E-state index >= 15 is 0 Å². The fraction of sp³-hybridized carbons (Fsp3) is 0.227. The molecule has 2 heterocycles. The Kier molecular flexibility index (Phi) is 5.03. The van der Waals surface area contributed by atoms with Crippen LogP contribution < -0.4 is 9.64 Å². The lowest BCUT2D eigenvalue weighted by Crippen LogP contribution is -2.43. The van der Waals surface area contributed by atoms with E-state index in [2.05, 4.69) is 9.72 Å². The third kappa shape index (κ3) is 3.72. The first-order chi connectivity index (χ1) is 15.0. The van der Waals surface area contributed by atoms with E-state index in [0.717, 1.165) is 17.0 Å². The number of pyridine rings is 1. The molecule has 166 valence electrons. The van der Waals surface area contributed by atoms with Crippen LogP contribution in [0, 0.1) is 5.82 Å². The van der Waals surface area contributed by atoms with Crippen LogP contribution >= 0.6 is 0 Å². The maximum absolute atomic E-state index is 14.1. The molecule has 32 heavy (non-hydrogen) atoms. The van der Waals surface area contributed by atoms with E-state index in [1.165, 1.54) is 35.4 Å². The van der Waals surface area contributed by atoms with Crippen molar-refractivity contribution in [2.24, 2.45) is 0 Å². The van der Waals surface area contributed by atoms with Crippen LogP contribution in [0.4, 0.5) is 28.0 Å². The zero-order valence-corrected chi connectivity index (χ0v) is 17.0. The molecule has 3 aromatic rings. The van der Waals surface area contributed by atoms with E-state index in [-0.39, 0.29) is 17.7 Å². The Balaban J connectivity index is 1.66. The lowest BCUT2D eigenvalue weighted by molar-refractivity contribution is -0.274. The number of halogens is 4. The van der Waals surface area contributed by atoms with Gasteiger partial charge in [0.15, 0.2) is 0 Å². The van der Waals surface area contributed by atoms with Gasteiger partial charge in [0.05, 0.1) is 5.69 Å². The molecular weight excluding hydrogens is 430 g/mol. The van der Waals surface area contributed by atoms with Crippen LogP contribution in [-0.4, -0.2) is 33.7 Å². The number of hydrogen-bond donors (Lipinski definition) is 0. The lowest BCUT2D eigenvalue weighted by atomic mass is 10.0. The van der Waals surface area contributed by atoms with Crippen molar-refractivity contribution in [1.82, 2.24) is 9.88 Å². The smallest absolute Gasteiger partial charge is 0.406 e. The molecule has 0 atom stereocenters. The molecule has 0 radical (unpaired) electrons. The summed E-state index contributed by atoms with van der Waals surface area (Å²) in [7, 11) is 0. The Morgan fingerprint density at radius 3 is 2.38 bits per heavy atom. The highest BCUT2D eigenvalue weighted by Gasteiger charge is 2.51. The highest BCUT2D eigenvalue weighted by Crippen LogP contribution is 2.35. The molecule has 0 spiro atoms. The van der Waals surface area contributed by atoms with Gasteiger partial charge in [0, 0.05) is 18.1 Å². The van der Waals surface area contributed by atoms with Crippen LogP contribution in [0.3, 0.4) is 0 Å². The van der Waals surface area contributed by atoms with Crippen LogP contribution in [0.5, 0.6) is 5.75 Å². The molecule has 0 saturated carbocycles. The van der Waals surface area contributed by atoms with Crippen molar-refractivity contribution in [3.63, 3.8) is 0 Å². The summed E-state index contributed by atoms with van der Waals surface area (Å²) >= 11 is 0. The number of imide groups is 1. The molecule has 1 saturated heterocycles. The number of ether oxygens (including phenoxy) is 1. The number of carbonyl (C=O) groups excluding carboxylic acids is 2. The average molecular weight is 447 g/mol. The predicted molar refractivity (Wildman–Crippen MR) is 107 cm³/mol. The molecule has 1 aromatic heterocycles. The Morgan fingerprint density at radius 2 is 1.72 bits per heavy atom. The molecule has 4 rings (SSSR count). The molecule has 6 nitrogen and oxygen atoms in total. The summed E-state index contributed by atoms with van der Waals surface area (Å²) in [4.78, 5) is 32.5. The number of nitrogens with zero attached hydrogens (tertiary/aromatic N) is 3. The topological polar surface area (TPSA) is 62.7 Å². The number of urea groups is 1. The summed E-state index contributed by atoms with van der Waals surface area (Å²) in [6.45, 7) is 3.14. The van der Waals surface area contributed by atoms with E-state index < -0.39 is 35.4 Å². The highest BCUT2D eigenvalue weighted by atomic mass is 19.4. The number of fused-ring (bicyclic) bond motifs is 1. The summed E-state index contributed by atoms with van der Waals surface area (Å²) in [6, 6.07) is 9.93. The minimum atomic E-state index is -4.85. The molecule has 0 aliphatic carbocycles. The fourth-order valence-electron chi connectivity index (χ4n) is 3.63. The summed E-state index contributed by atoms with van der Waals surface area (Å²) in [5, 5.41) is 0.510. The van der Waals surface area contributed by atoms with E-state index in [9.17, 15) is 27.2 Å². The average Bonchev–Trinajstić information content (AvgIpc) is 2.88. The monoisotopic (exact) mass is 447 g/mol. The second kappa shape index (κ2) is 7.47. The number of rotatable bonds is 4. The van der Waals surface area contributed by atoms with Crippen LogP contribution in [0.25, 0.3) is 10.9 Å². The number of anilines is 1. The van der Waals surface area contributed by atoms with Gasteiger partial charge in [0.25, 0.3) is 5.91 Å². The van der Waals surface area contributed by atoms with E-state index in [4.69, 9.17) is 0 Å². The van der Waals surface area contributed by atoms with Crippen molar-refractivity contribution in [3.8, 4) is 5.75 Å². The van der Waals surface area contributed by atoms with Gasteiger partial charge >= 0.3 is 12.4 Å². The van der Waals surface area contributed by atoms with Crippen LogP contribution in [-0.2, 0) is 11.3 Å². The molecule has 1 fully saturated rings. The Hall–Kier alpha value is -3.69. The standard InChI is InChI=1S/C22H17F4N3O3/c1-21(2)19(30)29(14-6-8-15(9-7-14)32-22(24,25)26)20(31)28(21)12-13-10-11-27-18-16(13)4-3-5-17(18)23/h3-11H,12H2,1-2H3. The Bertz CT molecular complexity index is 1210. The van der Waals surface area contributed by atoms with Gasteiger partial charge in [-0.3, -0.25) is 9.78 Å².